The van der Waals surface area contributed by atoms with E-state index in [2.05, 4.69) is 12.2 Å². The van der Waals surface area contributed by atoms with Gasteiger partial charge in [0.15, 0.2) is 6.29 Å². The fourth-order valence-electron chi connectivity index (χ4n) is 4.02. The zero-order valence-electron chi connectivity index (χ0n) is 21.3. The molecule has 0 spiro atoms. The summed E-state index contributed by atoms with van der Waals surface area (Å²) in [6, 6.07) is 0. The zero-order chi connectivity index (χ0) is 26.1. The number of allylic oxidation sites excluding steroid dienone is 2. The van der Waals surface area contributed by atoms with Gasteiger partial charge in [0, 0.05) is 13.3 Å². The van der Waals surface area contributed by atoms with Crippen molar-refractivity contribution < 1.29 is 44.2 Å². The summed E-state index contributed by atoms with van der Waals surface area (Å²) in [5, 5.41) is 38.9. The molecule has 0 aromatic heterocycles. The first-order chi connectivity index (χ1) is 16.7. The molecular weight excluding hydrogens is 456 g/mol. The minimum Gasteiger partial charge on any atom is -0.481 e. The minimum atomic E-state index is -1.45. The van der Waals surface area contributed by atoms with Crippen molar-refractivity contribution >= 4 is 11.9 Å². The van der Waals surface area contributed by atoms with Gasteiger partial charge in [0.2, 0.25) is 0 Å². The number of carboxylic acids is 1. The average Bonchev–Trinajstić information content (AvgIpc) is 2.80. The smallest absolute Gasteiger partial charge is 0.303 e. The van der Waals surface area contributed by atoms with Crippen LogP contribution in [0.2, 0.25) is 0 Å². The quantitative estimate of drug-likeness (QED) is 0.119. The highest BCUT2D eigenvalue weighted by atomic mass is 16.7. The van der Waals surface area contributed by atoms with Gasteiger partial charge in [-0.15, -0.1) is 0 Å². The number of carbonyl (C=O) groups is 2. The van der Waals surface area contributed by atoms with E-state index in [0.29, 0.717) is 0 Å². The van der Waals surface area contributed by atoms with Crippen molar-refractivity contribution in [3.8, 4) is 0 Å². The summed E-state index contributed by atoms with van der Waals surface area (Å²) in [5.74, 6) is -1.23. The van der Waals surface area contributed by atoms with Crippen molar-refractivity contribution in [2.75, 3.05) is 6.61 Å². The van der Waals surface area contributed by atoms with Gasteiger partial charge in [-0.25, -0.2) is 0 Å². The van der Waals surface area contributed by atoms with Gasteiger partial charge < -0.3 is 34.6 Å². The van der Waals surface area contributed by atoms with E-state index >= 15 is 0 Å². The van der Waals surface area contributed by atoms with E-state index in [0.717, 1.165) is 77.0 Å². The van der Waals surface area contributed by atoms with Crippen molar-refractivity contribution in [3.05, 3.63) is 12.2 Å². The highest BCUT2D eigenvalue weighted by molar-refractivity contribution is 5.66. The number of hydrogen-bond acceptors (Lipinski definition) is 8. The third-order valence-corrected chi connectivity index (χ3v) is 6.15. The van der Waals surface area contributed by atoms with E-state index in [4.69, 9.17) is 19.3 Å². The standard InChI is InChI=1S/C26H46O9/c1-19(34-26-25(32)24(31)23(30)21(35-26)18-33-20(2)27)16-14-12-10-8-6-4-3-5-7-9-11-13-15-17-22(28)29/h3-4,19,21,23-26,30-32H,5-18H2,1-2H3,(H,28,29)/b4-3-/t19?,21-,23-,24+,25-,26-/m1/s1. The van der Waals surface area contributed by atoms with E-state index in [-0.39, 0.29) is 19.1 Å². The van der Waals surface area contributed by atoms with Crippen molar-refractivity contribution in [2.24, 2.45) is 0 Å². The number of hydrogen-bond donors (Lipinski definition) is 4. The predicted molar refractivity (Wildman–Crippen MR) is 131 cm³/mol. The Hall–Kier alpha value is -1.52. The molecule has 1 aliphatic heterocycles. The van der Waals surface area contributed by atoms with Crippen LogP contribution in [0.4, 0.5) is 0 Å². The first-order valence-electron chi connectivity index (χ1n) is 13.1. The molecule has 0 aromatic carbocycles. The molecule has 1 fully saturated rings. The number of ether oxygens (including phenoxy) is 3. The van der Waals surface area contributed by atoms with E-state index in [1.165, 1.54) is 6.92 Å². The van der Waals surface area contributed by atoms with Gasteiger partial charge in [-0.2, -0.15) is 0 Å². The lowest BCUT2D eigenvalue weighted by Crippen LogP contribution is -2.59. The van der Waals surface area contributed by atoms with Crippen LogP contribution < -0.4 is 0 Å². The number of unbranched alkanes of at least 4 members (excludes halogenated alkanes) is 9. The largest absolute Gasteiger partial charge is 0.481 e. The second-order valence-corrected chi connectivity index (χ2v) is 9.43. The normalized spacial score (nSPS) is 25.6. The van der Waals surface area contributed by atoms with E-state index < -0.39 is 42.6 Å². The summed E-state index contributed by atoms with van der Waals surface area (Å²) >= 11 is 0. The summed E-state index contributed by atoms with van der Waals surface area (Å²) in [6.07, 6.45) is 10.7. The Balaban J connectivity index is 2.07. The van der Waals surface area contributed by atoms with Gasteiger partial charge >= 0.3 is 11.9 Å². The van der Waals surface area contributed by atoms with Crippen LogP contribution in [0.5, 0.6) is 0 Å². The summed E-state index contributed by atoms with van der Waals surface area (Å²) in [7, 11) is 0. The number of esters is 1. The highest BCUT2D eigenvalue weighted by Crippen LogP contribution is 2.24. The van der Waals surface area contributed by atoms with Gasteiger partial charge in [-0.1, -0.05) is 50.7 Å². The van der Waals surface area contributed by atoms with Crippen LogP contribution in [0.25, 0.3) is 0 Å². The van der Waals surface area contributed by atoms with E-state index in [1.807, 2.05) is 6.92 Å². The maximum atomic E-state index is 11.0. The summed E-state index contributed by atoms with van der Waals surface area (Å²) < 4.78 is 16.2. The van der Waals surface area contributed by atoms with Crippen LogP contribution in [0, 0.1) is 0 Å². The fourth-order valence-corrected chi connectivity index (χ4v) is 4.02. The maximum Gasteiger partial charge on any atom is 0.303 e. The molecule has 204 valence electrons. The lowest BCUT2D eigenvalue weighted by atomic mass is 9.99. The molecular formula is C26H46O9. The molecule has 0 aromatic rings. The van der Waals surface area contributed by atoms with Crippen LogP contribution >= 0.6 is 0 Å². The second-order valence-electron chi connectivity index (χ2n) is 9.43. The van der Waals surface area contributed by atoms with Crippen molar-refractivity contribution in [1.82, 2.24) is 0 Å². The summed E-state index contributed by atoms with van der Waals surface area (Å²) in [4.78, 5) is 21.4. The Morgan fingerprint density at radius 1 is 0.857 bits per heavy atom. The Labute approximate surface area is 209 Å². The molecule has 9 nitrogen and oxygen atoms in total. The van der Waals surface area contributed by atoms with Crippen LogP contribution in [-0.4, -0.2) is 75.8 Å². The number of rotatable bonds is 19. The Morgan fingerprint density at radius 3 is 2.03 bits per heavy atom. The van der Waals surface area contributed by atoms with Gasteiger partial charge in [0.05, 0.1) is 6.10 Å². The van der Waals surface area contributed by atoms with Crippen molar-refractivity contribution in [2.45, 2.75) is 134 Å². The van der Waals surface area contributed by atoms with Crippen LogP contribution in [0.15, 0.2) is 12.2 Å². The molecule has 0 bridgehead atoms. The third kappa shape index (κ3) is 14.6. The summed E-state index contributed by atoms with van der Waals surface area (Å²) in [5.41, 5.74) is 0. The zero-order valence-corrected chi connectivity index (χ0v) is 21.3. The number of aliphatic carboxylic acids is 1. The molecule has 6 atom stereocenters. The molecule has 4 N–H and O–H groups in total. The topological polar surface area (TPSA) is 143 Å². The van der Waals surface area contributed by atoms with Crippen molar-refractivity contribution in [1.29, 1.82) is 0 Å². The third-order valence-electron chi connectivity index (χ3n) is 6.15. The fraction of sp³-hybridized carbons (Fsp3) is 0.846. The first-order valence-corrected chi connectivity index (χ1v) is 13.1. The number of aliphatic hydroxyl groups excluding tert-OH is 3. The highest BCUT2D eigenvalue weighted by Gasteiger charge is 2.45. The van der Waals surface area contributed by atoms with Gasteiger partial charge in [-0.3, -0.25) is 9.59 Å². The van der Waals surface area contributed by atoms with Crippen LogP contribution in [-0.2, 0) is 23.8 Å². The van der Waals surface area contributed by atoms with E-state index in [9.17, 15) is 24.9 Å². The predicted octanol–water partition coefficient (Wildman–Crippen LogP) is 3.47. The number of carbonyl (C=O) groups excluding carboxylic acids is 1. The molecule has 1 unspecified atom stereocenters. The van der Waals surface area contributed by atoms with Gasteiger partial charge in [0.25, 0.3) is 0 Å². The average molecular weight is 503 g/mol. The lowest BCUT2D eigenvalue weighted by molar-refractivity contribution is -0.310. The number of carboxylic acid groups (broad SMARTS) is 1. The first kappa shape index (κ1) is 31.5. The molecule has 35 heavy (non-hydrogen) atoms. The maximum absolute atomic E-state index is 11.0. The molecule has 0 saturated carbocycles. The summed E-state index contributed by atoms with van der Waals surface area (Å²) in [6.45, 7) is 2.89. The molecule has 9 heteroatoms. The molecule has 1 aliphatic rings. The SMILES string of the molecule is CC(=O)OC[C@H]1O[C@@H](OC(C)CCCCCC/C=C\CCCCCCCC(=O)O)[C@H](O)[C@@H](O)[C@@H]1O. The van der Waals surface area contributed by atoms with Crippen LogP contribution in [0.3, 0.4) is 0 Å². The Kier molecular flexibility index (Phi) is 16.8. The second kappa shape index (κ2) is 18.7. The Bertz CT molecular complexity index is 610. The molecule has 1 heterocycles. The van der Waals surface area contributed by atoms with Gasteiger partial charge in [0.1, 0.15) is 31.0 Å². The van der Waals surface area contributed by atoms with E-state index in [1.54, 1.807) is 0 Å². The minimum absolute atomic E-state index is 0.199. The molecule has 1 saturated heterocycles. The van der Waals surface area contributed by atoms with Crippen molar-refractivity contribution in [3.63, 3.8) is 0 Å². The monoisotopic (exact) mass is 502 g/mol. The Morgan fingerprint density at radius 2 is 1.43 bits per heavy atom. The number of aliphatic hydroxyl groups is 3. The lowest BCUT2D eigenvalue weighted by Gasteiger charge is -2.40. The van der Waals surface area contributed by atoms with Gasteiger partial charge in [-0.05, 0) is 45.4 Å². The molecule has 0 radical (unpaired) electrons. The molecule has 0 aliphatic carbocycles. The van der Waals surface area contributed by atoms with Crippen LogP contribution in [0.1, 0.15) is 97.3 Å². The molecule has 0 amide bonds. The molecule has 1 rings (SSSR count).